The monoisotopic (exact) mass is 587 g/mol. The van der Waals surface area contributed by atoms with E-state index < -0.39 is 20.6 Å². The molecule has 5 rings (SSSR count). The molecule has 0 spiro atoms. The van der Waals surface area contributed by atoms with Crippen molar-refractivity contribution >= 4 is 24.0 Å². The Bertz CT molecular complexity index is 939. The van der Waals surface area contributed by atoms with Crippen molar-refractivity contribution in [2.75, 3.05) is 0 Å². The van der Waals surface area contributed by atoms with Gasteiger partial charge in [-0.05, 0) is 0 Å². The molecule has 0 saturated carbocycles. The Labute approximate surface area is 188 Å². The van der Waals surface area contributed by atoms with Crippen LogP contribution in [0.1, 0.15) is 29.6 Å². The summed E-state index contributed by atoms with van der Waals surface area (Å²) in [5, 5.41) is 1.66. The molecular formula is C24H21Cl2HfSi. The molecule has 2 atom stereocenters. The predicted octanol–water partition coefficient (Wildman–Crippen LogP) is -1.44. The van der Waals surface area contributed by atoms with E-state index in [1.165, 1.54) is 11.1 Å². The van der Waals surface area contributed by atoms with Crippen LogP contribution in [0.5, 0.6) is 0 Å². The van der Waals surface area contributed by atoms with Gasteiger partial charge in [0.15, 0.2) is 0 Å². The molecule has 0 saturated heterocycles. The van der Waals surface area contributed by atoms with Crippen molar-refractivity contribution in [3.63, 3.8) is 0 Å². The van der Waals surface area contributed by atoms with E-state index in [9.17, 15) is 0 Å². The van der Waals surface area contributed by atoms with E-state index in [1.807, 2.05) is 0 Å². The zero-order valence-corrected chi connectivity index (χ0v) is 22.0. The molecule has 0 fully saturated rings. The van der Waals surface area contributed by atoms with E-state index in [0.29, 0.717) is 0 Å². The van der Waals surface area contributed by atoms with Gasteiger partial charge in [0.25, 0.3) is 0 Å². The van der Waals surface area contributed by atoms with Gasteiger partial charge in [-0.25, -0.2) is 0 Å². The summed E-state index contributed by atoms with van der Waals surface area (Å²) in [6.07, 6.45) is 9.87. The second-order valence-electron chi connectivity index (χ2n) is 7.17. The minimum atomic E-state index is -2.00. The van der Waals surface area contributed by atoms with Crippen molar-refractivity contribution in [1.82, 2.24) is 0 Å². The summed E-state index contributed by atoms with van der Waals surface area (Å²) in [5.74, 6) is 0. The van der Waals surface area contributed by atoms with Crippen molar-refractivity contribution in [3.8, 4) is 0 Å². The zero-order valence-electron chi connectivity index (χ0n) is 15.4. The van der Waals surface area contributed by atoms with Gasteiger partial charge >= 0.3 is 165 Å². The zero-order chi connectivity index (χ0) is 17.3. The third kappa shape index (κ3) is 4.07. The van der Waals surface area contributed by atoms with E-state index in [-0.39, 0.29) is 31.5 Å². The molecule has 0 aromatic heterocycles. The number of rotatable bonds is 4. The molecule has 0 aliphatic heterocycles. The molecule has 0 N–H and O–H groups in total. The first-order chi connectivity index (χ1) is 12.9. The van der Waals surface area contributed by atoms with Crippen LogP contribution in [-0.4, -0.2) is 6.71 Å². The smallest absolute Gasteiger partial charge is 1.00 e. The van der Waals surface area contributed by atoms with Gasteiger partial charge in [0.05, 0.1) is 0 Å². The van der Waals surface area contributed by atoms with E-state index in [1.54, 1.807) is 16.3 Å². The second-order valence-corrected chi connectivity index (χ2v) is 27.4. The first-order valence-electron chi connectivity index (χ1n) is 9.34. The minimum absolute atomic E-state index is 0. The fourth-order valence-corrected chi connectivity index (χ4v) is 32.6. The molecule has 0 bridgehead atoms. The molecule has 3 aromatic rings. The third-order valence-corrected chi connectivity index (χ3v) is 32.3. The van der Waals surface area contributed by atoms with Crippen LogP contribution in [-0.2, 0) is 20.6 Å². The van der Waals surface area contributed by atoms with Crippen molar-refractivity contribution < 1.29 is 45.4 Å². The van der Waals surface area contributed by atoms with E-state index in [4.69, 9.17) is 0 Å². The summed E-state index contributed by atoms with van der Waals surface area (Å²) < 4.78 is 1.48. The van der Waals surface area contributed by atoms with Gasteiger partial charge in [-0.1, -0.05) is 0 Å². The van der Waals surface area contributed by atoms with Crippen molar-refractivity contribution in [2.45, 2.75) is 7.35 Å². The summed E-state index contributed by atoms with van der Waals surface area (Å²) in [7, 11) is 0. The van der Waals surface area contributed by atoms with E-state index >= 15 is 0 Å². The molecule has 2 aliphatic carbocycles. The van der Waals surface area contributed by atoms with Gasteiger partial charge in [-0.15, -0.1) is 0 Å². The standard InChI is InChI=1S/2C9H7.C6H7Si.2ClH.Hf/c2*1-2-5-9-7-3-6-8(9)4-1;7-6-4-2-1-3-5-6;;;/h2*1-7H;1-5H,7H2;2*1H;/q;;;;;+2/p-2. The van der Waals surface area contributed by atoms with Gasteiger partial charge in [-0.2, -0.15) is 0 Å². The van der Waals surface area contributed by atoms with Crippen molar-refractivity contribution in [2.24, 2.45) is 0 Å². The molecule has 0 radical (unpaired) electrons. The first kappa shape index (κ1) is 21.5. The summed E-state index contributed by atoms with van der Waals surface area (Å²) in [5.41, 5.74) is 6.13. The van der Waals surface area contributed by atoms with Crippen LogP contribution in [0.15, 0.2) is 91.0 Å². The number of hydrogen-bond donors (Lipinski definition) is 0. The average Bonchev–Trinajstić information content (AvgIpc) is 3.32. The predicted molar refractivity (Wildman–Crippen MR) is 111 cm³/mol. The van der Waals surface area contributed by atoms with Crippen LogP contribution in [0.2, 0.25) is 0 Å². The number of fused-ring (bicyclic) bond motifs is 2. The fraction of sp³-hybridized carbons (Fsp3) is 0.0833. The molecule has 2 aliphatic rings. The summed E-state index contributed by atoms with van der Waals surface area (Å²) >= 11 is -2.00. The van der Waals surface area contributed by atoms with E-state index in [0.717, 1.165) is 7.35 Å². The molecular weight excluding hydrogens is 566 g/mol. The van der Waals surface area contributed by atoms with Gasteiger partial charge in [0, 0.05) is 0 Å². The molecule has 139 valence electrons. The van der Waals surface area contributed by atoms with Crippen LogP contribution in [0.3, 0.4) is 0 Å². The van der Waals surface area contributed by atoms with Crippen molar-refractivity contribution in [3.05, 3.63) is 113 Å². The maximum atomic E-state index is 2.55. The first-order valence-corrected chi connectivity index (χ1v) is 22.5. The normalized spacial score (nSPS) is 18.4. The van der Waals surface area contributed by atoms with E-state index in [2.05, 4.69) is 103 Å². The molecule has 0 amide bonds. The SMILES string of the molecule is C1=C[CH]([Hf+2]([SiH2]c2ccccc2)[CH]2C=Cc3ccccc32)c2ccccc21.[Cl-].[Cl-]. The van der Waals surface area contributed by atoms with Crippen LogP contribution < -0.4 is 30.0 Å². The van der Waals surface area contributed by atoms with Crippen LogP contribution in [0.4, 0.5) is 0 Å². The largest absolute Gasteiger partial charge is 1.00 e. The van der Waals surface area contributed by atoms with Crippen molar-refractivity contribution in [1.29, 1.82) is 0 Å². The van der Waals surface area contributed by atoms with Gasteiger partial charge in [0.2, 0.25) is 0 Å². The van der Waals surface area contributed by atoms with Crippen LogP contribution >= 0.6 is 0 Å². The minimum Gasteiger partial charge on any atom is -1.00 e. The number of benzene rings is 3. The topological polar surface area (TPSA) is 0 Å². The summed E-state index contributed by atoms with van der Waals surface area (Å²) in [6, 6.07) is 29.5. The maximum Gasteiger partial charge on any atom is -1.00 e. The Morgan fingerprint density at radius 3 is 1.57 bits per heavy atom. The summed E-state index contributed by atoms with van der Waals surface area (Å²) in [6.45, 7) is -0.225. The van der Waals surface area contributed by atoms with Crippen LogP contribution in [0, 0.1) is 0 Å². The Hall–Kier alpha value is -1.19. The molecule has 0 heterocycles. The Morgan fingerprint density at radius 2 is 1.04 bits per heavy atom. The van der Waals surface area contributed by atoms with Crippen LogP contribution in [0.25, 0.3) is 12.2 Å². The fourth-order valence-electron chi connectivity index (χ4n) is 4.39. The van der Waals surface area contributed by atoms with Gasteiger partial charge in [-0.3, -0.25) is 0 Å². The second kappa shape index (κ2) is 9.54. The molecule has 2 unspecified atom stereocenters. The maximum absolute atomic E-state index is 2.55. The number of halogens is 2. The Morgan fingerprint density at radius 1 is 0.571 bits per heavy atom. The number of allylic oxidation sites excluding steroid dienone is 2. The molecule has 3 aromatic carbocycles. The Balaban J connectivity index is 0.00000112. The average molecular weight is 587 g/mol. The quantitative estimate of drug-likeness (QED) is 0.329. The molecule has 4 heteroatoms. The molecule has 0 nitrogen and oxygen atoms in total. The summed E-state index contributed by atoms with van der Waals surface area (Å²) in [4.78, 5) is 0. The Kier molecular flexibility index (Phi) is 7.33. The molecule has 28 heavy (non-hydrogen) atoms. The van der Waals surface area contributed by atoms with Gasteiger partial charge in [0.1, 0.15) is 0 Å². The number of hydrogen-bond acceptors (Lipinski definition) is 0. The van der Waals surface area contributed by atoms with Gasteiger partial charge < -0.3 is 24.8 Å². The third-order valence-electron chi connectivity index (χ3n) is 5.65.